The number of carbonyl (C=O) groups is 7. The highest BCUT2D eigenvalue weighted by atomic mass is 35.5. The van der Waals surface area contributed by atoms with E-state index in [-0.39, 0.29) is 55.3 Å². The van der Waals surface area contributed by atoms with Crippen LogP contribution < -0.4 is 0 Å². The van der Waals surface area contributed by atoms with Crippen molar-refractivity contribution in [3.8, 4) is 0 Å². The Labute approximate surface area is 313 Å². The van der Waals surface area contributed by atoms with Gasteiger partial charge >= 0.3 is 23.9 Å². The first-order valence-corrected chi connectivity index (χ1v) is 16.5. The molecule has 5 rings (SSSR count). The molecule has 54 heavy (non-hydrogen) atoms. The molecular weight excluding hydrogens is 737 g/mol. The Kier molecular flexibility index (Phi) is 17.7. The van der Waals surface area contributed by atoms with Gasteiger partial charge in [0.2, 0.25) is 5.24 Å². The van der Waals surface area contributed by atoms with E-state index in [9.17, 15) is 46.7 Å². The van der Waals surface area contributed by atoms with Gasteiger partial charge in [-0.15, -0.1) is 0 Å². The van der Waals surface area contributed by atoms with Crippen LogP contribution in [0.1, 0.15) is 56.7 Å². The van der Waals surface area contributed by atoms with Gasteiger partial charge in [0.1, 0.15) is 41.6 Å². The molecule has 3 aromatic rings. The topological polar surface area (TPSA) is 167 Å². The summed E-state index contributed by atoms with van der Waals surface area (Å²) in [5.74, 6) is -5.70. The number of halogens is 4. The molecule has 3 aromatic carbocycles. The van der Waals surface area contributed by atoms with Crippen LogP contribution in [-0.4, -0.2) is 58.2 Å². The van der Waals surface area contributed by atoms with Crippen LogP contribution in [0.2, 0.25) is 0 Å². The average molecular weight is 773 g/mol. The molecule has 1 fully saturated rings. The van der Waals surface area contributed by atoms with Gasteiger partial charge < -0.3 is 19.3 Å². The summed E-state index contributed by atoms with van der Waals surface area (Å²) in [7, 11) is 0. The lowest BCUT2D eigenvalue weighted by molar-refractivity contribution is -0.231. The first-order valence-electron chi connectivity index (χ1n) is 16.1. The second-order valence-corrected chi connectivity index (χ2v) is 12.0. The zero-order valence-corrected chi connectivity index (χ0v) is 30.1. The van der Waals surface area contributed by atoms with Crippen molar-refractivity contribution in [1.82, 2.24) is 0 Å². The predicted octanol–water partition coefficient (Wildman–Crippen LogP) is 6.43. The minimum atomic E-state index is -1.23. The molecule has 0 spiro atoms. The maximum absolute atomic E-state index is 12.7. The maximum Gasteiger partial charge on any atom is 0.339 e. The third-order valence-electron chi connectivity index (χ3n) is 6.74. The molecule has 0 aromatic heterocycles. The predicted molar refractivity (Wildman–Crippen MR) is 188 cm³/mol. The molecule has 286 valence electrons. The minimum absolute atomic E-state index is 0.124. The normalized spacial score (nSPS) is 14.0. The maximum atomic E-state index is 12.7. The Balaban J connectivity index is 0.000000255. The van der Waals surface area contributed by atoms with Crippen molar-refractivity contribution in [2.45, 2.75) is 58.7 Å². The molecule has 1 aliphatic heterocycles. The van der Waals surface area contributed by atoms with Crippen LogP contribution in [-0.2, 0) is 60.6 Å². The highest BCUT2D eigenvalue weighted by Gasteiger charge is 2.34. The van der Waals surface area contributed by atoms with Crippen LogP contribution in [0.15, 0.2) is 90.5 Å². The lowest BCUT2D eigenvalue weighted by Crippen LogP contribution is -2.39. The number of cyclic esters (lactones) is 2. The zero-order chi connectivity index (χ0) is 40.4. The lowest BCUT2D eigenvalue weighted by atomic mass is 9.91. The Morgan fingerprint density at radius 1 is 0.759 bits per heavy atom. The highest BCUT2D eigenvalue weighted by molar-refractivity contribution is 6.63. The van der Waals surface area contributed by atoms with Gasteiger partial charge in [0.15, 0.2) is 5.78 Å². The van der Waals surface area contributed by atoms with Gasteiger partial charge in [0.25, 0.3) is 5.79 Å². The van der Waals surface area contributed by atoms with Gasteiger partial charge in [-0.3, -0.25) is 28.8 Å². The molecule has 1 saturated heterocycles. The fourth-order valence-corrected chi connectivity index (χ4v) is 4.63. The molecule has 1 aliphatic carbocycles. The minimum Gasteiger partial charge on any atom is -0.478 e. The second kappa shape index (κ2) is 21.6. The van der Waals surface area contributed by atoms with Crippen molar-refractivity contribution in [2.75, 3.05) is 6.61 Å². The number of hydrogen-bond donors (Lipinski definition) is 1. The molecule has 0 bridgehead atoms. The summed E-state index contributed by atoms with van der Waals surface area (Å²) in [6, 6.07) is 16.7. The standard InChI is InChI=1S/C13H9FO3.C12H13FO3.C8H6ClFO.C6H8O4/c14-9-6-4-8(5-7-9)10-2-1-3-11(12(10)15)13(16)17;1-2-16-12(15)8-11(14)7-9-3-5-10(13)6-4-9;9-8(11)5-6-1-3-7(10)4-2-6;1-6(2)9-4(7)3-5(8)10-6/h2-7H,1H2,(H,16,17);3-6H,2,7-8H2,1H3;1-4H,5H2;3H2,1-2H3. The number of aliphatic carboxylic acids is 1. The molecule has 11 nitrogen and oxygen atoms in total. The molecule has 15 heteroatoms. The number of carbonyl (C=O) groups excluding carboxylic acids is 6. The Bertz CT molecular complexity index is 1870. The number of hydrogen-bond acceptors (Lipinski definition) is 10. The number of rotatable bonds is 9. The zero-order valence-electron chi connectivity index (χ0n) is 29.4. The number of carboxylic acids is 1. The van der Waals surface area contributed by atoms with Crippen molar-refractivity contribution < 1.29 is 66.1 Å². The molecule has 0 amide bonds. The van der Waals surface area contributed by atoms with E-state index >= 15 is 0 Å². The Morgan fingerprint density at radius 2 is 1.22 bits per heavy atom. The highest BCUT2D eigenvalue weighted by Crippen LogP contribution is 2.24. The molecule has 0 saturated carbocycles. The van der Waals surface area contributed by atoms with Crippen LogP contribution in [0, 0.1) is 17.5 Å². The van der Waals surface area contributed by atoms with E-state index in [1.54, 1.807) is 13.0 Å². The summed E-state index contributed by atoms with van der Waals surface area (Å²) in [6.45, 7) is 4.98. The lowest BCUT2D eigenvalue weighted by Gasteiger charge is -2.28. The van der Waals surface area contributed by atoms with E-state index < -0.39 is 46.5 Å². The molecule has 2 aliphatic rings. The van der Waals surface area contributed by atoms with Gasteiger partial charge in [0, 0.05) is 32.3 Å². The fraction of sp³-hybridized carbons (Fsp3) is 0.256. The molecule has 0 atom stereocenters. The fourth-order valence-electron chi connectivity index (χ4n) is 4.48. The van der Waals surface area contributed by atoms with E-state index in [1.165, 1.54) is 92.7 Å². The SMILES string of the molecule is CC1(C)OC(=O)CC(=O)O1.CCOC(=O)CC(=O)Cc1ccc(F)cc1.O=C(Cl)Cc1ccc(F)cc1.O=C(O)C1=CCC=C(c2ccc(F)cc2)C1=O. The van der Waals surface area contributed by atoms with Crippen molar-refractivity contribution >= 4 is 57.9 Å². The van der Waals surface area contributed by atoms with Crippen LogP contribution in [0.25, 0.3) is 5.57 Å². The van der Waals surface area contributed by atoms with Crippen LogP contribution in [0.5, 0.6) is 0 Å². The first kappa shape index (κ1) is 44.3. The molecular formula is C39H36ClF3O11. The summed E-state index contributed by atoms with van der Waals surface area (Å²) in [4.78, 5) is 76.5. The van der Waals surface area contributed by atoms with Crippen LogP contribution in [0.3, 0.4) is 0 Å². The summed E-state index contributed by atoms with van der Waals surface area (Å²) in [6.07, 6.45) is 3.18. The first-order chi connectivity index (χ1) is 25.4. The van der Waals surface area contributed by atoms with Crippen molar-refractivity contribution in [3.05, 3.63) is 125 Å². The number of benzene rings is 3. The van der Waals surface area contributed by atoms with E-state index in [1.807, 2.05) is 0 Å². The molecule has 0 radical (unpaired) electrons. The Hall–Kier alpha value is -5.89. The van der Waals surface area contributed by atoms with E-state index in [4.69, 9.17) is 16.7 Å². The van der Waals surface area contributed by atoms with Gasteiger partial charge in [-0.25, -0.2) is 18.0 Å². The van der Waals surface area contributed by atoms with E-state index in [2.05, 4.69) is 14.2 Å². The van der Waals surface area contributed by atoms with Gasteiger partial charge in [-0.05, 0) is 78.0 Å². The second-order valence-electron chi connectivity index (χ2n) is 11.6. The number of Topliss-reactive ketones (excluding diaryl/α,β-unsaturated/α-hetero) is 2. The average Bonchev–Trinajstić information content (AvgIpc) is 3.07. The van der Waals surface area contributed by atoms with Gasteiger partial charge in [-0.1, -0.05) is 48.6 Å². The summed E-state index contributed by atoms with van der Waals surface area (Å²) in [5, 5.41) is 8.41. The van der Waals surface area contributed by atoms with Gasteiger partial charge in [-0.2, -0.15) is 0 Å². The quantitative estimate of drug-likeness (QED) is 0.110. The Morgan fingerprint density at radius 3 is 1.65 bits per heavy atom. The number of esters is 3. The smallest absolute Gasteiger partial charge is 0.339 e. The van der Waals surface area contributed by atoms with Gasteiger partial charge in [0.05, 0.1) is 6.61 Å². The van der Waals surface area contributed by atoms with Crippen LogP contribution in [0.4, 0.5) is 13.2 Å². The third kappa shape index (κ3) is 16.6. The van der Waals surface area contributed by atoms with E-state index in [0.717, 1.165) is 5.56 Å². The number of allylic oxidation sites excluding steroid dienone is 3. The van der Waals surface area contributed by atoms with Crippen molar-refractivity contribution in [1.29, 1.82) is 0 Å². The van der Waals surface area contributed by atoms with E-state index in [0.29, 0.717) is 23.1 Å². The summed E-state index contributed by atoms with van der Waals surface area (Å²) in [5.41, 5.74) is 2.03. The molecule has 1 heterocycles. The largest absolute Gasteiger partial charge is 0.478 e. The molecule has 1 N–H and O–H groups in total. The monoisotopic (exact) mass is 772 g/mol. The number of ether oxygens (including phenoxy) is 3. The summed E-state index contributed by atoms with van der Waals surface area (Å²) >= 11 is 5.12. The molecule has 0 unspecified atom stereocenters. The summed E-state index contributed by atoms with van der Waals surface area (Å²) < 4.78 is 51.6. The van der Waals surface area contributed by atoms with Crippen molar-refractivity contribution in [3.63, 3.8) is 0 Å². The number of carboxylic acid groups (broad SMARTS) is 1. The van der Waals surface area contributed by atoms with Crippen LogP contribution >= 0.6 is 11.6 Å². The third-order valence-corrected chi connectivity index (χ3v) is 6.88. The van der Waals surface area contributed by atoms with Crippen molar-refractivity contribution in [2.24, 2.45) is 0 Å². The number of ketones is 2.